The molecule has 1 aromatic carbocycles. The highest BCUT2D eigenvalue weighted by molar-refractivity contribution is 5.97. The first kappa shape index (κ1) is 17.8. The summed E-state index contributed by atoms with van der Waals surface area (Å²) in [7, 11) is 0. The van der Waals surface area contributed by atoms with Gasteiger partial charge in [0.1, 0.15) is 11.5 Å². The third kappa shape index (κ3) is 3.39. The summed E-state index contributed by atoms with van der Waals surface area (Å²) in [6.45, 7) is 4.59. The predicted octanol–water partition coefficient (Wildman–Crippen LogP) is 1.95. The second kappa shape index (κ2) is 7.09. The van der Waals surface area contributed by atoms with Gasteiger partial charge in [-0.25, -0.2) is 9.18 Å². The van der Waals surface area contributed by atoms with Crippen LogP contribution in [0.5, 0.6) is 0 Å². The first-order chi connectivity index (χ1) is 12.0. The summed E-state index contributed by atoms with van der Waals surface area (Å²) in [6.07, 6.45) is 2.19. The normalized spacial score (nSPS) is 23.1. The molecule has 0 aromatic heterocycles. The zero-order valence-corrected chi connectivity index (χ0v) is 14.3. The van der Waals surface area contributed by atoms with E-state index in [9.17, 15) is 19.1 Å². The molecule has 1 N–H and O–H groups in total. The number of piperidine rings is 1. The summed E-state index contributed by atoms with van der Waals surface area (Å²) in [5, 5.41) is 9.53. The lowest BCUT2D eigenvalue weighted by atomic mass is 9.96. The topological polar surface area (TPSA) is 70.1 Å². The van der Waals surface area contributed by atoms with Crippen LogP contribution in [-0.4, -0.2) is 64.8 Å². The van der Waals surface area contributed by atoms with E-state index in [4.69, 9.17) is 4.74 Å². The summed E-state index contributed by atoms with van der Waals surface area (Å²) in [6, 6.07) is 4.16. The van der Waals surface area contributed by atoms with Crippen LogP contribution in [-0.2, 0) is 9.53 Å². The number of rotatable bonds is 4. The SMILES string of the molecule is CCCN1CCC2(CC1)OC[C@H](C(=O)O)N2C(=O)c1ccc(F)cc1. The van der Waals surface area contributed by atoms with Gasteiger partial charge in [0.2, 0.25) is 0 Å². The van der Waals surface area contributed by atoms with Crippen LogP contribution >= 0.6 is 0 Å². The van der Waals surface area contributed by atoms with Crippen LogP contribution in [0.1, 0.15) is 36.5 Å². The lowest BCUT2D eigenvalue weighted by molar-refractivity contribution is -0.143. The summed E-state index contributed by atoms with van der Waals surface area (Å²) < 4.78 is 19.0. The predicted molar refractivity (Wildman–Crippen MR) is 88.6 cm³/mol. The number of carbonyl (C=O) groups is 2. The number of hydrogen-bond donors (Lipinski definition) is 1. The minimum Gasteiger partial charge on any atom is -0.480 e. The van der Waals surface area contributed by atoms with E-state index in [1.807, 2.05) is 0 Å². The highest BCUT2D eigenvalue weighted by Crippen LogP contribution is 2.38. The molecule has 0 unspecified atom stereocenters. The molecular formula is C18H23FN2O4. The minimum atomic E-state index is -1.08. The number of halogens is 1. The Morgan fingerprint density at radius 3 is 2.48 bits per heavy atom. The molecule has 1 atom stereocenters. The molecule has 0 aliphatic carbocycles. The summed E-state index contributed by atoms with van der Waals surface area (Å²) in [5.41, 5.74) is -0.618. The fourth-order valence-electron chi connectivity index (χ4n) is 3.73. The maximum atomic E-state index is 13.1. The van der Waals surface area contributed by atoms with Crippen LogP contribution < -0.4 is 0 Å². The Bertz CT molecular complexity index is 641. The molecule has 0 bridgehead atoms. The third-order valence-electron chi connectivity index (χ3n) is 5.03. The van der Waals surface area contributed by atoms with Crippen molar-refractivity contribution in [3.05, 3.63) is 35.6 Å². The highest BCUT2D eigenvalue weighted by atomic mass is 19.1. The molecule has 0 radical (unpaired) electrons. The molecule has 3 rings (SSSR count). The van der Waals surface area contributed by atoms with E-state index in [-0.39, 0.29) is 12.2 Å². The second-order valence-corrected chi connectivity index (χ2v) is 6.63. The molecule has 1 aromatic rings. The van der Waals surface area contributed by atoms with E-state index < -0.39 is 29.5 Å². The van der Waals surface area contributed by atoms with Crippen molar-refractivity contribution in [2.24, 2.45) is 0 Å². The van der Waals surface area contributed by atoms with E-state index in [1.165, 1.54) is 29.2 Å². The Labute approximate surface area is 146 Å². The first-order valence-electron chi connectivity index (χ1n) is 8.65. The molecule has 0 saturated carbocycles. The zero-order valence-electron chi connectivity index (χ0n) is 14.3. The Kier molecular flexibility index (Phi) is 5.06. The van der Waals surface area contributed by atoms with Gasteiger partial charge in [0.25, 0.3) is 5.91 Å². The molecular weight excluding hydrogens is 327 g/mol. The van der Waals surface area contributed by atoms with Crippen molar-refractivity contribution in [2.75, 3.05) is 26.2 Å². The van der Waals surface area contributed by atoms with E-state index >= 15 is 0 Å². The number of aliphatic carboxylic acids is 1. The summed E-state index contributed by atoms with van der Waals surface area (Å²) in [4.78, 5) is 28.3. The van der Waals surface area contributed by atoms with E-state index in [2.05, 4.69) is 11.8 Å². The van der Waals surface area contributed by atoms with Crippen molar-refractivity contribution in [2.45, 2.75) is 38.0 Å². The van der Waals surface area contributed by atoms with Gasteiger partial charge in [-0.3, -0.25) is 9.69 Å². The number of nitrogens with zero attached hydrogens (tertiary/aromatic N) is 2. The molecule has 6 nitrogen and oxygen atoms in total. The Balaban J connectivity index is 1.87. The number of amides is 1. The number of hydrogen-bond acceptors (Lipinski definition) is 4. The average Bonchev–Trinajstić information content (AvgIpc) is 2.96. The molecule has 1 spiro atoms. The molecule has 1 amide bonds. The molecule has 2 saturated heterocycles. The van der Waals surface area contributed by atoms with Crippen molar-refractivity contribution >= 4 is 11.9 Å². The average molecular weight is 350 g/mol. The minimum absolute atomic E-state index is 0.0178. The van der Waals surface area contributed by atoms with E-state index in [1.54, 1.807) is 0 Å². The van der Waals surface area contributed by atoms with Gasteiger partial charge in [-0.15, -0.1) is 0 Å². The van der Waals surface area contributed by atoms with Gasteiger partial charge >= 0.3 is 5.97 Å². The number of carboxylic acids is 1. The lowest BCUT2D eigenvalue weighted by Gasteiger charge is -2.44. The smallest absolute Gasteiger partial charge is 0.328 e. The number of likely N-dealkylation sites (tertiary alicyclic amines) is 1. The first-order valence-corrected chi connectivity index (χ1v) is 8.65. The molecule has 2 heterocycles. The molecule has 2 fully saturated rings. The van der Waals surface area contributed by atoms with Crippen molar-refractivity contribution in [3.8, 4) is 0 Å². The molecule has 2 aliphatic rings. The lowest BCUT2D eigenvalue weighted by Crippen LogP contribution is -2.58. The summed E-state index contributed by atoms with van der Waals surface area (Å²) in [5.74, 6) is -1.94. The molecule has 2 aliphatic heterocycles. The van der Waals surface area contributed by atoms with Gasteiger partial charge in [-0.1, -0.05) is 6.92 Å². The molecule has 136 valence electrons. The maximum absolute atomic E-state index is 13.1. The number of ether oxygens (including phenoxy) is 1. The number of carboxylic acid groups (broad SMARTS) is 1. The quantitative estimate of drug-likeness (QED) is 0.899. The Morgan fingerprint density at radius 1 is 1.28 bits per heavy atom. The third-order valence-corrected chi connectivity index (χ3v) is 5.03. The standard InChI is InChI=1S/C18H23FN2O4/c1-2-9-20-10-7-18(8-11-20)21(15(12-25-18)17(23)24)16(22)13-3-5-14(19)6-4-13/h3-6,15H,2,7-12H2,1H3,(H,23,24)/t15-/m1/s1. The van der Waals surface area contributed by atoms with Crippen molar-refractivity contribution in [3.63, 3.8) is 0 Å². The fraction of sp³-hybridized carbons (Fsp3) is 0.556. The molecule has 25 heavy (non-hydrogen) atoms. The largest absolute Gasteiger partial charge is 0.480 e. The van der Waals surface area contributed by atoms with Crippen LogP contribution in [0.4, 0.5) is 4.39 Å². The zero-order chi connectivity index (χ0) is 18.0. The van der Waals surface area contributed by atoms with Crippen LogP contribution in [0.25, 0.3) is 0 Å². The highest BCUT2D eigenvalue weighted by Gasteiger charge is 2.53. The maximum Gasteiger partial charge on any atom is 0.328 e. The van der Waals surface area contributed by atoms with Gasteiger partial charge in [-0.2, -0.15) is 0 Å². The van der Waals surface area contributed by atoms with Gasteiger partial charge in [-0.05, 0) is 37.2 Å². The fourth-order valence-corrected chi connectivity index (χ4v) is 3.73. The van der Waals surface area contributed by atoms with Gasteiger partial charge < -0.3 is 14.7 Å². The second-order valence-electron chi connectivity index (χ2n) is 6.63. The van der Waals surface area contributed by atoms with E-state index in [0.29, 0.717) is 12.8 Å². The van der Waals surface area contributed by atoms with Crippen molar-refractivity contribution < 1.29 is 23.8 Å². The van der Waals surface area contributed by atoms with E-state index in [0.717, 1.165) is 26.1 Å². The van der Waals surface area contributed by atoms with Crippen LogP contribution in [0.2, 0.25) is 0 Å². The van der Waals surface area contributed by atoms with Crippen LogP contribution in [0.3, 0.4) is 0 Å². The molecule has 7 heteroatoms. The number of carbonyl (C=O) groups excluding carboxylic acids is 1. The van der Waals surface area contributed by atoms with Crippen molar-refractivity contribution in [1.29, 1.82) is 0 Å². The van der Waals surface area contributed by atoms with Crippen LogP contribution in [0.15, 0.2) is 24.3 Å². The van der Waals surface area contributed by atoms with Gasteiger partial charge in [0, 0.05) is 31.5 Å². The van der Waals surface area contributed by atoms with Gasteiger partial charge in [0.15, 0.2) is 6.04 Å². The van der Waals surface area contributed by atoms with Crippen molar-refractivity contribution in [1.82, 2.24) is 9.80 Å². The summed E-state index contributed by atoms with van der Waals surface area (Å²) >= 11 is 0. The van der Waals surface area contributed by atoms with Gasteiger partial charge in [0.05, 0.1) is 6.61 Å². The number of benzene rings is 1. The Hall–Kier alpha value is -1.99. The Morgan fingerprint density at radius 2 is 1.92 bits per heavy atom. The van der Waals surface area contributed by atoms with Crippen LogP contribution in [0, 0.1) is 5.82 Å². The monoisotopic (exact) mass is 350 g/mol.